The van der Waals surface area contributed by atoms with Crippen LogP contribution in [0.25, 0.3) is 11.6 Å². The third kappa shape index (κ3) is 4.03. The normalized spacial score (nSPS) is 18.5. The predicted octanol–water partition coefficient (Wildman–Crippen LogP) is 7.32. The number of rotatable bonds is 4. The second kappa shape index (κ2) is 8.13. The standard InChI is InChI=1S/C25H29BrN2/c1-6-10-28-24-11-17(2)20(14-23(24)18(3)15-25(28,4)5)12-21(16-27)19-8-7-9-22(26)13-19/h7-9,11-14,18H,6,10,15H2,1-5H3/b21-12+. The number of aryl methyl sites for hydroxylation is 1. The van der Waals surface area contributed by atoms with Gasteiger partial charge < -0.3 is 4.90 Å². The van der Waals surface area contributed by atoms with Gasteiger partial charge >= 0.3 is 0 Å². The number of hydrogen-bond donors (Lipinski definition) is 0. The van der Waals surface area contributed by atoms with Crippen LogP contribution in [0.15, 0.2) is 40.9 Å². The van der Waals surface area contributed by atoms with Crippen LogP contribution in [-0.4, -0.2) is 12.1 Å². The maximum Gasteiger partial charge on any atom is 0.0998 e. The van der Waals surface area contributed by atoms with Gasteiger partial charge in [-0.1, -0.05) is 41.9 Å². The van der Waals surface area contributed by atoms with Gasteiger partial charge in [0, 0.05) is 22.2 Å². The zero-order valence-corrected chi connectivity index (χ0v) is 19.1. The third-order valence-corrected chi connectivity index (χ3v) is 6.27. The van der Waals surface area contributed by atoms with Gasteiger partial charge in [0.25, 0.3) is 0 Å². The molecule has 1 heterocycles. The Morgan fingerprint density at radius 1 is 1.32 bits per heavy atom. The van der Waals surface area contributed by atoms with Crippen molar-refractivity contribution >= 4 is 33.3 Å². The van der Waals surface area contributed by atoms with Crippen LogP contribution in [0.3, 0.4) is 0 Å². The zero-order valence-electron chi connectivity index (χ0n) is 17.5. The van der Waals surface area contributed by atoms with E-state index in [9.17, 15) is 5.26 Å². The van der Waals surface area contributed by atoms with Crippen LogP contribution in [0.4, 0.5) is 5.69 Å². The number of anilines is 1. The summed E-state index contributed by atoms with van der Waals surface area (Å²) in [7, 11) is 0. The maximum absolute atomic E-state index is 9.75. The van der Waals surface area contributed by atoms with Crippen molar-refractivity contribution in [2.24, 2.45) is 0 Å². The lowest BCUT2D eigenvalue weighted by atomic mass is 9.78. The molecule has 1 aliphatic rings. The Morgan fingerprint density at radius 2 is 2.07 bits per heavy atom. The van der Waals surface area contributed by atoms with E-state index in [0.717, 1.165) is 35.0 Å². The Kier molecular flexibility index (Phi) is 6.01. The fourth-order valence-corrected chi connectivity index (χ4v) is 4.84. The number of allylic oxidation sites excluding steroid dienone is 1. The van der Waals surface area contributed by atoms with Crippen LogP contribution in [0.1, 0.15) is 68.7 Å². The molecule has 28 heavy (non-hydrogen) atoms. The van der Waals surface area contributed by atoms with E-state index in [0.29, 0.717) is 11.5 Å². The van der Waals surface area contributed by atoms with Crippen LogP contribution in [0.5, 0.6) is 0 Å². The molecule has 1 atom stereocenters. The molecular weight excluding hydrogens is 408 g/mol. The molecule has 0 bridgehead atoms. The SMILES string of the molecule is CCCN1c2cc(C)c(/C=C(\C#N)c3cccc(Br)c3)cc2C(C)CC1(C)C. The minimum absolute atomic E-state index is 0.167. The van der Waals surface area contributed by atoms with Gasteiger partial charge in [-0.15, -0.1) is 0 Å². The van der Waals surface area contributed by atoms with Gasteiger partial charge in [0.1, 0.15) is 0 Å². The van der Waals surface area contributed by atoms with E-state index in [1.165, 1.54) is 16.8 Å². The molecule has 0 amide bonds. The number of nitrogens with zero attached hydrogens (tertiary/aromatic N) is 2. The fraction of sp³-hybridized carbons (Fsp3) is 0.400. The molecule has 3 heteroatoms. The highest BCUT2D eigenvalue weighted by Crippen LogP contribution is 2.44. The molecule has 0 saturated carbocycles. The highest BCUT2D eigenvalue weighted by molar-refractivity contribution is 9.10. The smallest absolute Gasteiger partial charge is 0.0998 e. The Morgan fingerprint density at radius 3 is 2.71 bits per heavy atom. The Balaban J connectivity index is 2.10. The van der Waals surface area contributed by atoms with Gasteiger partial charge in [0.2, 0.25) is 0 Å². The van der Waals surface area contributed by atoms with Crippen LogP contribution >= 0.6 is 15.9 Å². The van der Waals surface area contributed by atoms with Crippen molar-refractivity contribution < 1.29 is 0 Å². The molecule has 0 radical (unpaired) electrons. The number of benzene rings is 2. The molecule has 0 N–H and O–H groups in total. The molecule has 0 saturated heterocycles. The largest absolute Gasteiger partial charge is 0.366 e. The first-order valence-corrected chi connectivity index (χ1v) is 10.9. The number of halogens is 1. The highest BCUT2D eigenvalue weighted by atomic mass is 79.9. The molecule has 0 spiro atoms. The van der Waals surface area contributed by atoms with Crippen LogP contribution in [-0.2, 0) is 0 Å². The Hall–Kier alpha value is -2.05. The summed E-state index contributed by atoms with van der Waals surface area (Å²) in [5, 5.41) is 9.75. The second-order valence-corrected chi connectivity index (χ2v) is 9.43. The summed E-state index contributed by atoms with van der Waals surface area (Å²) in [5.74, 6) is 0.502. The third-order valence-electron chi connectivity index (χ3n) is 5.78. The molecule has 2 nitrogen and oxygen atoms in total. The van der Waals surface area contributed by atoms with E-state index in [1.54, 1.807) is 0 Å². The summed E-state index contributed by atoms with van der Waals surface area (Å²) in [4.78, 5) is 2.57. The summed E-state index contributed by atoms with van der Waals surface area (Å²) >= 11 is 3.51. The fourth-order valence-electron chi connectivity index (χ4n) is 4.44. The van der Waals surface area contributed by atoms with Crippen molar-refractivity contribution in [3.63, 3.8) is 0 Å². The molecule has 0 fully saturated rings. The number of fused-ring (bicyclic) bond motifs is 1. The minimum Gasteiger partial charge on any atom is -0.366 e. The molecule has 2 aromatic carbocycles. The van der Waals surface area contributed by atoms with Gasteiger partial charge in [0.15, 0.2) is 0 Å². The quantitative estimate of drug-likeness (QED) is 0.370. The van der Waals surface area contributed by atoms with Crippen LogP contribution < -0.4 is 4.90 Å². The first-order valence-electron chi connectivity index (χ1n) is 10.1. The number of hydrogen-bond acceptors (Lipinski definition) is 2. The molecular formula is C25H29BrN2. The monoisotopic (exact) mass is 436 g/mol. The lowest BCUT2D eigenvalue weighted by Crippen LogP contribution is -2.48. The molecule has 146 valence electrons. The topological polar surface area (TPSA) is 27.0 Å². The Labute approximate surface area is 178 Å². The Bertz CT molecular complexity index is 950. The molecule has 3 rings (SSSR count). The van der Waals surface area contributed by atoms with Crippen molar-refractivity contribution in [3.8, 4) is 6.07 Å². The van der Waals surface area contributed by atoms with Crippen molar-refractivity contribution in [2.45, 2.75) is 58.9 Å². The van der Waals surface area contributed by atoms with Gasteiger partial charge in [-0.25, -0.2) is 0 Å². The summed E-state index contributed by atoms with van der Waals surface area (Å²) in [6.45, 7) is 12.5. The maximum atomic E-state index is 9.75. The lowest BCUT2D eigenvalue weighted by molar-refractivity contribution is 0.376. The predicted molar refractivity (Wildman–Crippen MR) is 124 cm³/mol. The average Bonchev–Trinajstić information content (AvgIpc) is 2.63. The summed E-state index contributed by atoms with van der Waals surface area (Å²) in [5.41, 5.74) is 6.91. The molecule has 0 aromatic heterocycles. The minimum atomic E-state index is 0.167. The van der Waals surface area contributed by atoms with Crippen LogP contribution in [0.2, 0.25) is 0 Å². The van der Waals surface area contributed by atoms with Crippen molar-refractivity contribution in [1.82, 2.24) is 0 Å². The molecule has 1 unspecified atom stereocenters. The van der Waals surface area contributed by atoms with E-state index in [-0.39, 0.29) is 5.54 Å². The van der Waals surface area contributed by atoms with Gasteiger partial charge in [-0.2, -0.15) is 5.26 Å². The summed E-state index contributed by atoms with van der Waals surface area (Å²) < 4.78 is 0.986. The van der Waals surface area contributed by atoms with Crippen molar-refractivity contribution in [1.29, 1.82) is 5.26 Å². The lowest BCUT2D eigenvalue weighted by Gasteiger charge is -2.48. The van der Waals surface area contributed by atoms with Gasteiger partial charge in [-0.05, 0) is 92.1 Å². The van der Waals surface area contributed by atoms with Crippen molar-refractivity contribution in [2.75, 3.05) is 11.4 Å². The van der Waals surface area contributed by atoms with E-state index in [1.807, 2.05) is 30.3 Å². The molecule has 1 aliphatic heterocycles. The van der Waals surface area contributed by atoms with E-state index < -0.39 is 0 Å². The highest BCUT2D eigenvalue weighted by Gasteiger charge is 2.36. The summed E-state index contributed by atoms with van der Waals surface area (Å²) in [6, 6.07) is 15.0. The first-order chi connectivity index (χ1) is 13.3. The second-order valence-electron chi connectivity index (χ2n) is 8.52. The average molecular weight is 437 g/mol. The van der Waals surface area contributed by atoms with Gasteiger partial charge in [0.05, 0.1) is 11.6 Å². The van der Waals surface area contributed by atoms with Crippen molar-refractivity contribution in [3.05, 3.63) is 63.1 Å². The zero-order chi connectivity index (χ0) is 20.5. The van der Waals surface area contributed by atoms with E-state index in [4.69, 9.17) is 0 Å². The summed E-state index contributed by atoms with van der Waals surface area (Å²) in [6.07, 6.45) is 4.32. The molecule has 0 aliphatic carbocycles. The van der Waals surface area contributed by atoms with E-state index >= 15 is 0 Å². The first kappa shape index (κ1) is 20.7. The van der Waals surface area contributed by atoms with E-state index in [2.05, 4.69) is 73.7 Å². The van der Waals surface area contributed by atoms with Crippen LogP contribution in [0, 0.1) is 18.3 Å². The van der Waals surface area contributed by atoms with Gasteiger partial charge in [-0.3, -0.25) is 0 Å². The molecule has 2 aromatic rings. The number of nitriles is 1.